The Morgan fingerprint density at radius 1 is 1.47 bits per heavy atom. The monoisotopic (exact) mass is 203 g/mol. The zero-order chi connectivity index (χ0) is 10.7. The van der Waals surface area contributed by atoms with Gasteiger partial charge in [-0.25, -0.2) is 5.01 Å². The summed E-state index contributed by atoms with van der Waals surface area (Å²) in [6.07, 6.45) is 2.83. The molecule has 2 rings (SSSR count). The molecule has 1 aromatic carbocycles. The Balaban J connectivity index is 2.24. The van der Waals surface area contributed by atoms with E-state index in [9.17, 15) is 4.79 Å². The lowest BCUT2D eigenvalue weighted by atomic mass is 10.1. The van der Waals surface area contributed by atoms with Crippen LogP contribution in [0.4, 0.5) is 5.69 Å². The van der Waals surface area contributed by atoms with Gasteiger partial charge in [-0.15, -0.1) is 0 Å². The molecule has 0 fully saturated rings. The summed E-state index contributed by atoms with van der Waals surface area (Å²) in [4.78, 5) is 11.4. The van der Waals surface area contributed by atoms with Gasteiger partial charge < -0.3 is 5.73 Å². The predicted octanol–water partition coefficient (Wildman–Crippen LogP) is 0.910. The minimum absolute atomic E-state index is 0.0138. The van der Waals surface area contributed by atoms with Crippen LogP contribution in [0.3, 0.4) is 0 Å². The van der Waals surface area contributed by atoms with Crippen LogP contribution in [0.1, 0.15) is 12.0 Å². The second kappa shape index (κ2) is 4.23. The maximum Gasteiger partial charge on any atom is 0.252 e. The molecule has 1 aliphatic heterocycles. The predicted molar refractivity (Wildman–Crippen MR) is 59.8 cm³/mol. The van der Waals surface area contributed by atoms with Gasteiger partial charge >= 0.3 is 0 Å². The van der Waals surface area contributed by atoms with E-state index in [-0.39, 0.29) is 5.91 Å². The number of nitrogens with zero attached hydrogens (tertiary/aromatic N) is 2. The van der Waals surface area contributed by atoms with Gasteiger partial charge in [-0.1, -0.05) is 12.1 Å². The second-order valence-electron chi connectivity index (χ2n) is 3.42. The minimum atomic E-state index is 0.0138. The smallest absolute Gasteiger partial charge is 0.252 e. The number of hydrogen-bond acceptors (Lipinski definition) is 3. The summed E-state index contributed by atoms with van der Waals surface area (Å²) in [5, 5.41) is 5.45. The average Bonchev–Trinajstić information content (AvgIpc) is 2.65. The first-order chi connectivity index (χ1) is 7.31. The summed E-state index contributed by atoms with van der Waals surface area (Å²) >= 11 is 0. The zero-order valence-corrected chi connectivity index (χ0v) is 8.39. The Morgan fingerprint density at radius 3 is 3.00 bits per heavy atom. The van der Waals surface area contributed by atoms with Crippen molar-refractivity contribution in [2.75, 3.05) is 11.6 Å². The van der Waals surface area contributed by atoms with E-state index >= 15 is 0 Å². The van der Waals surface area contributed by atoms with Gasteiger partial charge in [0.2, 0.25) is 0 Å². The fourth-order valence-corrected chi connectivity index (χ4v) is 1.57. The number of hydrazone groups is 1. The molecule has 1 amide bonds. The van der Waals surface area contributed by atoms with E-state index in [0.717, 1.165) is 17.7 Å². The third-order valence-electron chi connectivity index (χ3n) is 2.29. The van der Waals surface area contributed by atoms with Gasteiger partial charge in [0.05, 0.1) is 12.1 Å². The molecule has 0 saturated heterocycles. The van der Waals surface area contributed by atoms with Crippen molar-refractivity contribution in [1.29, 1.82) is 0 Å². The second-order valence-corrected chi connectivity index (χ2v) is 3.42. The summed E-state index contributed by atoms with van der Waals surface area (Å²) in [5.41, 5.74) is 7.43. The molecule has 0 radical (unpaired) electrons. The molecule has 1 aliphatic rings. The SMILES string of the molecule is NCCc1cccc(N2N=CCC2=O)c1. The average molecular weight is 203 g/mol. The number of nitrogens with two attached hydrogens (primary N) is 1. The number of anilines is 1. The van der Waals surface area contributed by atoms with Crippen LogP contribution in [-0.4, -0.2) is 18.7 Å². The summed E-state index contributed by atoms with van der Waals surface area (Å²) in [5.74, 6) is 0.0138. The quantitative estimate of drug-likeness (QED) is 0.793. The topological polar surface area (TPSA) is 58.7 Å². The van der Waals surface area contributed by atoms with E-state index in [2.05, 4.69) is 5.10 Å². The zero-order valence-electron chi connectivity index (χ0n) is 8.39. The van der Waals surface area contributed by atoms with E-state index in [1.807, 2.05) is 24.3 Å². The van der Waals surface area contributed by atoms with Crippen LogP contribution < -0.4 is 10.7 Å². The molecule has 15 heavy (non-hydrogen) atoms. The Bertz CT molecular complexity index is 401. The Labute approximate surface area is 88.4 Å². The van der Waals surface area contributed by atoms with E-state index in [4.69, 9.17) is 5.73 Å². The molecule has 0 aliphatic carbocycles. The van der Waals surface area contributed by atoms with Crippen molar-refractivity contribution in [3.8, 4) is 0 Å². The lowest BCUT2D eigenvalue weighted by Crippen LogP contribution is -2.19. The van der Waals surface area contributed by atoms with Crippen molar-refractivity contribution in [2.45, 2.75) is 12.8 Å². The molecule has 0 aromatic heterocycles. The molecule has 0 bridgehead atoms. The van der Waals surface area contributed by atoms with Crippen LogP contribution in [0, 0.1) is 0 Å². The largest absolute Gasteiger partial charge is 0.330 e. The van der Waals surface area contributed by atoms with Crippen LogP contribution in [0.25, 0.3) is 0 Å². The van der Waals surface area contributed by atoms with Gasteiger partial charge in [0.15, 0.2) is 0 Å². The van der Waals surface area contributed by atoms with Gasteiger partial charge in [-0.2, -0.15) is 5.10 Å². The fourth-order valence-electron chi connectivity index (χ4n) is 1.57. The molecule has 2 N–H and O–H groups in total. The molecule has 1 aromatic rings. The summed E-state index contributed by atoms with van der Waals surface area (Å²) in [6, 6.07) is 7.75. The van der Waals surface area contributed by atoms with Crippen molar-refractivity contribution in [2.24, 2.45) is 10.8 Å². The first kappa shape index (κ1) is 9.86. The normalized spacial score (nSPS) is 15.0. The molecule has 0 unspecified atom stereocenters. The summed E-state index contributed by atoms with van der Waals surface area (Å²) in [7, 11) is 0. The fraction of sp³-hybridized carbons (Fsp3) is 0.273. The standard InChI is InChI=1S/C11H13N3O/c12-6-4-9-2-1-3-10(8-9)14-11(15)5-7-13-14/h1-3,7-8H,4-6,12H2. The summed E-state index contributed by atoms with van der Waals surface area (Å²) in [6.45, 7) is 0.612. The van der Waals surface area contributed by atoms with Gasteiger partial charge in [0, 0.05) is 6.21 Å². The highest BCUT2D eigenvalue weighted by Gasteiger charge is 2.18. The van der Waals surface area contributed by atoms with Crippen LogP contribution in [0.2, 0.25) is 0 Å². The van der Waals surface area contributed by atoms with Crippen LogP contribution >= 0.6 is 0 Å². The van der Waals surface area contributed by atoms with E-state index in [0.29, 0.717) is 13.0 Å². The molecular formula is C11H13N3O. The van der Waals surface area contributed by atoms with E-state index < -0.39 is 0 Å². The highest BCUT2D eigenvalue weighted by atomic mass is 16.2. The Hall–Kier alpha value is -1.68. The Kier molecular flexibility index (Phi) is 2.78. The molecule has 4 heteroatoms. The van der Waals surface area contributed by atoms with Crippen molar-refractivity contribution in [3.05, 3.63) is 29.8 Å². The highest BCUT2D eigenvalue weighted by molar-refractivity contribution is 6.05. The number of carbonyl (C=O) groups is 1. The minimum Gasteiger partial charge on any atom is -0.330 e. The number of rotatable bonds is 3. The van der Waals surface area contributed by atoms with E-state index in [1.165, 1.54) is 5.01 Å². The highest BCUT2D eigenvalue weighted by Crippen LogP contribution is 2.19. The lowest BCUT2D eigenvalue weighted by molar-refractivity contribution is -0.116. The first-order valence-electron chi connectivity index (χ1n) is 4.95. The maximum absolute atomic E-state index is 11.4. The molecule has 0 spiro atoms. The molecule has 78 valence electrons. The van der Waals surface area contributed by atoms with E-state index in [1.54, 1.807) is 6.21 Å². The molecule has 0 atom stereocenters. The third-order valence-corrected chi connectivity index (χ3v) is 2.29. The maximum atomic E-state index is 11.4. The number of amides is 1. The third kappa shape index (κ3) is 2.05. The van der Waals surface area contributed by atoms with Crippen LogP contribution in [0.5, 0.6) is 0 Å². The first-order valence-corrected chi connectivity index (χ1v) is 4.95. The van der Waals surface area contributed by atoms with Gasteiger partial charge in [-0.05, 0) is 30.7 Å². The van der Waals surface area contributed by atoms with Crippen molar-refractivity contribution < 1.29 is 4.79 Å². The molecule has 1 heterocycles. The summed E-state index contributed by atoms with van der Waals surface area (Å²) < 4.78 is 0. The molecule has 4 nitrogen and oxygen atoms in total. The van der Waals surface area contributed by atoms with Crippen molar-refractivity contribution in [3.63, 3.8) is 0 Å². The lowest BCUT2D eigenvalue weighted by Gasteiger charge is -2.12. The molecular weight excluding hydrogens is 190 g/mol. The van der Waals surface area contributed by atoms with Crippen LogP contribution in [0.15, 0.2) is 29.4 Å². The number of carbonyl (C=O) groups excluding carboxylic acids is 1. The number of hydrogen-bond donors (Lipinski definition) is 1. The van der Waals surface area contributed by atoms with Crippen molar-refractivity contribution in [1.82, 2.24) is 0 Å². The van der Waals surface area contributed by atoms with Gasteiger partial charge in [0.25, 0.3) is 5.91 Å². The molecule has 0 saturated carbocycles. The number of benzene rings is 1. The van der Waals surface area contributed by atoms with Gasteiger partial charge in [-0.3, -0.25) is 4.79 Å². The van der Waals surface area contributed by atoms with Crippen LogP contribution in [-0.2, 0) is 11.2 Å². The Morgan fingerprint density at radius 2 is 2.33 bits per heavy atom. The van der Waals surface area contributed by atoms with Crippen molar-refractivity contribution >= 4 is 17.8 Å². The van der Waals surface area contributed by atoms with Gasteiger partial charge in [0.1, 0.15) is 0 Å².